The molecule has 0 N–H and O–H groups in total. The minimum absolute atomic E-state index is 0.123. The smallest absolute Gasteiger partial charge is 0.286 e. The summed E-state index contributed by atoms with van der Waals surface area (Å²) in [5.41, 5.74) is 3.48. The molecule has 3 aromatic rings. The molecule has 1 aromatic heterocycles. The zero-order valence-corrected chi connectivity index (χ0v) is 16.2. The third kappa shape index (κ3) is 4.06. The maximum atomic E-state index is 12.3. The van der Waals surface area contributed by atoms with Gasteiger partial charge in [-0.2, -0.15) is 4.99 Å². The monoisotopic (exact) mass is 386 g/mol. The van der Waals surface area contributed by atoms with Crippen molar-refractivity contribution in [1.82, 2.24) is 4.57 Å². The van der Waals surface area contributed by atoms with Gasteiger partial charge in [0.15, 0.2) is 11.4 Å². The number of allylic oxidation sites excluding steroid dienone is 1. The van der Waals surface area contributed by atoms with E-state index in [1.807, 2.05) is 4.57 Å². The van der Waals surface area contributed by atoms with Gasteiger partial charge in [-0.15, -0.1) is 6.58 Å². The minimum Gasteiger partial charge on any atom is -0.484 e. The summed E-state index contributed by atoms with van der Waals surface area (Å²) in [4.78, 5) is 17.2. The third-order valence-electron chi connectivity index (χ3n) is 4.01. The van der Waals surface area contributed by atoms with Gasteiger partial charge >= 0.3 is 0 Å². The Balaban J connectivity index is 1.89. The first-order valence-electron chi connectivity index (χ1n) is 8.15. The minimum atomic E-state index is -0.335. The molecule has 0 unspecified atom stereocenters. The summed E-state index contributed by atoms with van der Waals surface area (Å²) in [6.07, 6.45) is 1.80. The Morgan fingerprint density at radius 1 is 1.27 bits per heavy atom. The number of thiazole rings is 1. The van der Waals surface area contributed by atoms with Crippen LogP contribution in [0.25, 0.3) is 10.2 Å². The molecule has 0 aliphatic carbocycles. The Morgan fingerprint density at radius 2 is 1.96 bits per heavy atom. The topological polar surface area (TPSA) is 43.6 Å². The van der Waals surface area contributed by atoms with Gasteiger partial charge in [0.05, 0.1) is 10.2 Å². The van der Waals surface area contributed by atoms with E-state index in [4.69, 9.17) is 16.3 Å². The molecule has 0 fully saturated rings. The second kappa shape index (κ2) is 7.89. The summed E-state index contributed by atoms with van der Waals surface area (Å²) in [5.74, 6) is 0.247. The zero-order chi connectivity index (χ0) is 18.7. The molecule has 1 amide bonds. The van der Waals surface area contributed by atoms with Gasteiger partial charge in [0.2, 0.25) is 0 Å². The fourth-order valence-electron chi connectivity index (χ4n) is 2.53. The second-order valence-electron chi connectivity index (χ2n) is 5.94. The van der Waals surface area contributed by atoms with Crippen LogP contribution in [0.2, 0.25) is 5.02 Å². The van der Waals surface area contributed by atoms with Gasteiger partial charge in [0.25, 0.3) is 5.91 Å². The molecule has 0 radical (unpaired) electrons. The van der Waals surface area contributed by atoms with Gasteiger partial charge in [-0.25, -0.2) is 0 Å². The highest BCUT2D eigenvalue weighted by atomic mass is 35.5. The van der Waals surface area contributed by atoms with E-state index in [9.17, 15) is 4.79 Å². The van der Waals surface area contributed by atoms with E-state index < -0.39 is 0 Å². The predicted molar refractivity (Wildman–Crippen MR) is 107 cm³/mol. The van der Waals surface area contributed by atoms with Crippen LogP contribution < -0.4 is 9.54 Å². The van der Waals surface area contributed by atoms with E-state index in [0.717, 1.165) is 10.2 Å². The zero-order valence-electron chi connectivity index (χ0n) is 14.7. The van der Waals surface area contributed by atoms with Gasteiger partial charge in [-0.05, 0) is 61.4 Å². The first-order valence-corrected chi connectivity index (χ1v) is 9.35. The van der Waals surface area contributed by atoms with Crippen LogP contribution in [-0.4, -0.2) is 17.1 Å². The number of aromatic nitrogens is 1. The van der Waals surface area contributed by atoms with E-state index in [2.05, 4.69) is 37.6 Å². The molecule has 0 bridgehead atoms. The van der Waals surface area contributed by atoms with Crippen molar-refractivity contribution in [3.8, 4) is 5.75 Å². The highest BCUT2D eigenvalue weighted by molar-refractivity contribution is 7.16. The van der Waals surface area contributed by atoms with Crippen molar-refractivity contribution in [2.45, 2.75) is 20.4 Å². The molecule has 2 aromatic carbocycles. The molecule has 0 spiro atoms. The first-order chi connectivity index (χ1) is 12.5. The maximum absolute atomic E-state index is 12.3. The number of carbonyl (C=O) groups excluding carboxylic acids is 1. The molecule has 1 heterocycles. The van der Waals surface area contributed by atoms with Crippen LogP contribution in [0.4, 0.5) is 0 Å². The Morgan fingerprint density at radius 3 is 2.65 bits per heavy atom. The van der Waals surface area contributed by atoms with Crippen molar-refractivity contribution in [3.05, 3.63) is 70.0 Å². The number of aryl methyl sites for hydroxylation is 2. The largest absolute Gasteiger partial charge is 0.484 e. The van der Waals surface area contributed by atoms with E-state index in [1.165, 1.54) is 22.5 Å². The Kier molecular flexibility index (Phi) is 5.59. The van der Waals surface area contributed by atoms with E-state index in [-0.39, 0.29) is 12.5 Å². The predicted octanol–water partition coefficient (Wildman–Crippen LogP) is 4.67. The molecule has 0 aliphatic rings. The van der Waals surface area contributed by atoms with E-state index in [0.29, 0.717) is 22.1 Å². The van der Waals surface area contributed by atoms with Crippen LogP contribution >= 0.6 is 22.9 Å². The van der Waals surface area contributed by atoms with Crippen molar-refractivity contribution in [2.75, 3.05) is 6.61 Å². The summed E-state index contributed by atoms with van der Waals surface area (Å²) in [5, 5.41) is 0.620. The summed E-state index contributed by atoms with van der Waals surface area (Å²) < 4.78 is 8.58. The number of hydrogen-bond donors (Lipinski definition) is 0. The highest BCUT2D eigenvalue weighted by Gasteiger charge is 2.09. The molecule has 3 rings (SSSR count). The number of carbonyl (C=O) groups is 1. The summed E-state index contributed by atoms with van der Waals surface area (Å²) in [6.45, 7) is 8.43. The number of rotatable bonds is 5. The van der Waals surface area contributed by atoms with Crippen LogP contribution in [0.1, 0.15) is 11.1 Å². The van der Waals surface area contributed by atoms with Gasteiger partial charge in [-0.3, -0.25) is 4.79 Å². The van der Waals surface area contributed by atoms with Crippen molar-refractivity contribution in [1.29, 1.82) is 0 Å². The molecule has 0 saturated carbocycles. The Hall–Kier alpha value is -2.37. The lowest BCUT2D eigenvalue weighted by Gasteiger charge is -2.04. The molecule has 134 valence electrons. The van der Waals surface area contributed by atoms with Gasteiger partial charge in [0, 0.05) is 11.6 Å². The quantitative estimate of drug-likeness (QED) is 0.598. The number of hydrogen-bond acceptors (Lipinski definition) is 3. The molecular formula is C20H19ClN2O2S. The van der Waals surface area contributed by atoms with Crippen LogP contribution in [0, 0.1) is 13.8 Å². The number of ether oxygens (including phenoxy) is 1. The lowest BCUT2D eigenvalue weighted by molar-refractivity contribution is -0.120. The lowest BCUT2D eigenvalue weighted by Crippen LogP contribution is -2.19. The van der Waals surface area contributed by atoms with Crippen LogP contribution in [0.5, 0.6) is 5.75 Å². The van der Waals surface area contributed by atoms with Crippen molar-refractivity contribution < 1.29 is 9.53 Å². The van der Waals surface area contributed by atoms with Crippen molar-refractivity contribution in [2.24, 2.45) is 4.99 Å². The molecule has 4 nitrogen and oxygen atoms in total. The maximum Gasteiger partial charge on any atom is 0.286 e. The number of halogens is 1. The van der Waals surface area contributed by atoms with Gasteiger partial charge in [0.1, 0.15) is 5.75 Å². The normalized spacial score (nSPS) is 11.7. The molecular weight excluding hydrogens is 368 g/mol. The van der Waals surface area contributed by atoms with Crippen LogP contribution in [0.15, 0.2) is 54.0 Å². The highest BCUT2D eigenvalue weighted by Crippen LogP contribution is 2.22. The number of nitrogens with zero attached hydrogens (tertiary/aromatic N) is 2. The number of amides is 1. The van der Waals surface area contributed by atoms with E-state index >= 15 is 0 Å². The fraction of sp³-hybridized carbons (Fsp3) is 0.200. The lowest BCUT2D eigenvalue weighted by atomic mass is 10.1. The first kappa shape index (κ1) is 18.4. The average molecular weight is 387 g/mol. The SMILES string of the molecule is C=CCn1c(=NC(=O)COc2ccc(Cl)cc2)sc2cc(C)c(C)cc21. The van der Waals surface area contributed by atoms with Gasteiger partial charge in [-0.1, -0.05) is 29.0 Å². The van der Waals surface area contributed by atoms with Crippen LogP contribution in [-0.2, 0) is 11.3 Å². The van der Waals surface area contributed by atoms with Crippen LogP contribution in [0.3, 0.4) is 0 Å². The molecule has 0 saturated heterocycles. The molecule has 6 heteroatoms. The molecule has 26 heavy (non-hydrogen) atoms. The number of fused-ring (bicyclic) bond motifs is 1. The summed E-state index contributed by atoms with van der Waals surface area (Å²) in [7, 11) is 0. The molecule has 0 atom stereocenters. The fourth-order valence-corrected chi connectivity index (χ4v) is 3.79. The third-order valence-corrected chi connectivity index (χ3v) is 5.30. The van der Waals surface area contributed by atoms with Crippen molar-refractivity contribution >= 4 is 39.1 Å². The summed E-state index contributed by atoms with van der Waals surface area (Å²) in [6, 6.07) is 11.1. The molecule has 0 aliphatic heterocycles. The standard InChI is InChI=1S/C20H19ClN2O2S/c1-4-9-23-17-10-13(2)14(3)11-18(17)26-20(23)22-19(24)12-25-16-7-5-15(21)6-8-16/h4-8,10-11H,1,9,12H2,2-3H3. The number of benzene rings is 2. The second-order valence-corrected chi connectivity index (χ2v) is 7.38. The Bertz CT molecular complexity index is 1030. The average Bonchev–Trinajstić information content (AvgIpc) is 2.92. The van der Waals surface area contributed by atoms with Crippen molar-refractivity contribution in [3.63, 3.8) is 0 Å². The van der Waals surface area contributed by atoms with Gasteiger partial charge < -0.3 is 9.30 Å². The van der Waals surface area contributed by atoms with E-state index in [1.54, 1.807) is 30.3 Å². The Labute approximate surface area is 161 Å². The summed E-state index contributed by atoms with van der Waals surface area (Å²) >= 11 is 7.33.